The van der Waals surface area contributed by atoms with Gasteiger partial charge in [0.25, 0.3) is 0 Å². The van der Waals surface area contributed by atoms with Crippen molar-refractivity contribution in [3.8, 4) is 11.6 Å². The number of pyridine rings is 3. The number of fused-ring (bicyclic) bond motifs is 2. The van der Waals surface area contributed by atoms with Crippen molar-refractivity contribution in [2.75, 3.05) is 0 Å². The zero-order valence-corrected chi connectivity index (χ0v) is 15.1. The molecule has 0 aliphatic carbocycles. The molecule has 0 fully saturated rings. The summed E-state index contributed by atoms with van der Waals surface area (Å²) in [6.45, 7) is 4.25. The molecule has 5 heterocycles. The number of hydrogen-bond donors (Lipinski definition) is 1. The SMILES string of the molecule is C[C@@H]1CC[C@@H](C)c2ccnc3ccc(nc23)-n2c(=O)[nH]c3nccc(c32)O1. The van der Waals surface area contributed by atoms with Gasteiger partial charge < -0.3 is 4.74 Å². The lowest BCUT2D eigenvalue weighted by atomic mass is 9.94. The Kier molecular flexibility index (Phi) is 3.50. The van der Waals surface area contributed by atoms with E-state index in [0.717, 1.165) is 29.4 Å². The summed E-state index contributed by atoms with van der Waals surface area (Å²) in [5.74, 6) is 1.47. The minimum absolute atomic E-state index is 0.0135. The fourth-order valence-electron chi connectivity index (χ4n) is 3.79. The van der Waals surface area contributed by atoms with Crippen molar-refractivity contribution < 1.29 is 4.74 Å². The third kappa shape index (κ3) is 2.50. The molecule has 1 aliphatic heterocycles. The van der Waals surface area contributed by atoms with E-state index in [2.05, 4.69) is 28.8 Å². The van der Waals surface area contributed by atoms with Crippen molar-refractivity contribution in [2.24, 2.45) is 0 Å². The van der Waals surface area contributed by atoms with Gasteiger partial charge in [-0.15, -0.1) is 0 Å². The second kappa shape index (κ2) is 5.90. The van der Waals surface area contributed by atoms with E-state index in [4.69, 9.17) is 9.72 Å². The van der Waals surface area contributed by atoms with E-state index in [-0.39, 0.29) is 11.8 Å². The highest BCUT2D eigenvalue weighted by atomic mass is 16.5. The van der Waals surface area contributed by atoms with E-state index in [0.29, 0.717) is 28.6 Å². The Morgan fingerprint density at radius 1 is 1.11 bits per heavy atom. The molecule has 4 aromatic rings. The number of nitrogens with one attached hydrogen (secondary N) is 1. The summed E-state index contributed by atoms with van der Waals surface area (Å²) in [4.78, 5) is 29.1. The lowest BCUT2D eigenvalue weighted by molar-refractivity contribution is 0.207. The summed E-state index contributed by atoms with van der Waals surface area (Å²) in [5.41, 5.74) is 3.62. The maximum absolute atomic E-state index is 12.7. The Labute approximate surface area is 155 Å². The molecule has 1 N–H and O–H groups in total. The average molecular weight is 361 g/mol. The number of H-pyrrole nitrogens is 1. The van der Waals surface area contributed by atoms with Crippen molar-refractivity contribution in [3.05, 3.63) is 52.7 Å². The number of imidazole rings is 1. The summed E-state index contributed by atoms with van der Waals surface area (Å²) in [7, 11) is 0. The number of aromatic amines is 1. The van der Waals surface area contributed by atoms with Gasteiger partial charge in [0.05, 0.1) is 17.1 Å². The van der Waals surface area contributed by atoms with E-state index >= 15 is 0 Å². The molecule has 0 amide bonds. The highest BCUT2D eigenvalue weighted by Gasteiger charge is 2.20. The second-order valence-electron chi connectivity index (χ2n) is 7.12. The Hall–Kier alpha value is -3.22. The van der Waals surface area contributed by atoms with Gasteiger partial charge in [-0.05, 0) is 49.4 Å². The van der Waals surface area contributed by atoms with E-state index in [1.165, 1.54) is 4.57 Å². The molecular formula is C20H19N5O2. The summed E-state index contributed by atoms with van der Waals surface area (Å²) in [5, 5.41) is 0. The molecule has 1 aliphatic rings. The smallest absolute Gasteiger partial charge is 0.333 e. The molecule has 0 saturated carbocycles. The van der Waals surface area contributed by atoms with Gasteiger partial charge in [0.1, 0.15) is 17.1 Å². The standard InChI is InChI=1S/C20H19N5O2/c1-11-3-4-12(2)27-15-8-10-22-19-18(15)25(20(26)24-19)16-6-5-14-17(23-16)13(11)7-9-21-14/h5-12H,3-4H2,1-2H3,(H,22,24,26)/t11-,12-/m1/s1. The lowest BCUT2D eigenvalue weighted by Gasteiger charge is -2.20. The van der Waals surface area contributed by atoms with Crippen molar-refractivity contribution in [2.45, 2.75) is 38.7 Å². The van der Waals surface area contributed by atoms with Gasteiger partial charge in [0.15, 0.2) is 5.65 Å². The van der Waals surface area contributed by atoms with Crippen LogP contribution in [0.5, 0.6) is 5.75 Å². The first-order valence-electron chi connectivity index (χ1n) is 9.14. The summed E-state index contributed by atoms with van der Waals surface area (Å²) in [6, 6.07) is 7.53. The van der Waals surface area contributed by atoms with Crippen molar-refractivity contribution in [1.82, 2.24) is 24.5 Å². The molecule has 136 valence electrons. The topological polar surface area (TPSA) is 85.7 Å². The molecule has 7 heteroatoms. The minimum atomic E-state index is -0.288. The zero-order valence-electron chi connectivity index (χ0n) is 15.1. The normalized spacial score (nSPS) is 19.6. The van der Waals surface area contributed by atoms with Gasteiger partial charge >= 0.3 is 5.69 Å². The molecule has 0 saturated heterocycles. The minimum Gasteiger partial charge on any atom is -0.488 e. The molecule has 5 rings (SSSR count). The molecule has 0 aromatic carbocycles. The first-order valence-corrected chi connectivity index (χ1v) is 9.14. The van der Waals surface area contributed by atoms with Gasteiger partial charge in [-0.1, -0.05) is 6.92 Å². The Morgan fingerprint density at radius 3 is 2.85 bits per heavy atom. The third-order valence-corrected chi connectivity index (χ3v) is 5.23. The predicted octanol–water partition coefficient (Wildman–Crippen LogP) is 3.32. The maximum atomic E-state index is 12.7. The van der Waals surface area contributed by atoms with Crippen molar-refractivity contribution in [1.29, 1.82) is 0 Å². The fourth-order valence-corrected chi connectivity index (χ4v) is 3.79. The highest BCUT2D eigenvalue weighted by Crippen LogP contribution is 2.31. The largest absolute Gasteiger partial charge is 0.488 e. The van der Waals surface area contributed by atoms with Crippen LogP contribution >= 0.6 is 0 Å². The number of nitrogens with zero attached hydrogens (tertiary/aromatic N) is 4. The third-order valence-electron chi connectivity index (χ3n) is 5.23. The van der Waals surface area contributed by atoms with Crippen LogP contribution in [-0.4, -0.2) is 30.6 Å². The zero-order chi connectivity index (χ0) is 18.5. The second-order valence-corrected chi connectivity index (χ2v) is 7.12. The van der Waals surface area contributed by atoms with Crippen LogP contribution in [0.15, 0.2) is 41.5 Å². The first-order chi connectivity index (χ1) is 13.1. The maximum Gasteiger partial charge on any atom is 0.333 e. The quantitative estimate of drug-likeness (QED) is 0.519. The first kappa shape index (κ1) is 16.0. The summed E-state index contributed by atoms with van der Waals surface area (Å²) in [6.07, 6.45) is 5.35. The van der Waals surface area contributed by atoms with Crippen LogP contribution in [0.25, 0.3) is 28.0 Å². The highest BCUT2D eigenvalue weighted by molar-refractivity contribution is 5.82. The monoisotopic (exact) mass is 361 g/mol. The lowest BCUT2D eigenvalue weighted by Crippen LogP contribution is -2.18. The van der Waals surface area contributed by atoms with Crippen LogP contribution in [0.4, 0.5) is 0 Å². The van der Waals surface area contributed by atoms with Crippen LogP contribution in [0.1, 0.15) is 38.2 Å². The van der Waals surface area contributed by atoms with Crippen LogP contribution in [0.2, 0.25) is 0 Å². The van der Waals surface area contributed by atoms with E-state index in [1.807, 2.05) is 24.4 Å². The fraction of sp³-hybridized carbons (Fsp3) is 0.300. The van der Waals surface area contributed by atoms with Crippen LogP contribution in [0, 0.1) is 0 Å². The molecule has 2 atom stereocenters. The van der Waals surface area contributed by atoms with Crippen LogP contribution < -0.4 is 10.4 Å². The van der Waals surface area contributed by atoms with Crippen molar-refractivity contribution >= 4 is 22.2 Å². The van der Waals surface area contributed by atoms with Crippen LogP contribution in [0.3, 0.4) is 0 Å². The van der Waals surface area contributed by atoms with Crippen LogP contribution in [-0.2, 0) is 0 Å². The molecule has 0 spiro atoms. The molecule has 27 heavy (non-hydrogen) atoms. The van der Waals surface area contributed by atoms with Gasteiger partial charge in [0, 0.05) is 18.5 Å². The van der Waals surface area contributed by atoms with E-state index < -0.39 is 0 Å². The predicted molar refractivity (Wildman–Crippen MR) is 103 cm³/mol. The summed E-state index contributed by atoms with van der Waals surface area (Å²) >= 11 is 0. The molecule has 2 bridgehead atoms. The van der Waals surface area contributed by atoms with Gasteiger partial charge in [-0.2, -0.15) is 0 Å². The average Bonchev–Trinajstić information content (AvgIpc) is 3.01. The van der Waals surface area contributed by atoms with Gasteiger partial charge in [0.2, 0.25) is 0 Å². The summed E-state index contributed by atoms with van der Waals surface area (Å²) < 4.78 is 7.72. The Morgan fingerprint density at radius 2 is 1.96 bits per heavy atom. The number of hydrogen-bond acceptors (Lipinski definition) is 5. The molecule has 4 aromatic heterocycles. The van der Waals surface area contributed by atoms with Crippen molar-refractivity contribution in [3.63, 3.8) is 0 Å². The Balaban J connectivity index is 1.89. The van der Waals surface area contributed by atoms with Gasteiger partial charge in [-0.3, -0.25) is 9.97 Å². The number of rotatable bonds is 0. The molecule has 7 nitrogen and oxygen atoms in total. The van der Waals surface area contributed by atoms with Gasteiger partial charge in [-0.25, -0.2) is 19.3 Å². The molecular weight excluding hydrogens is 342 g/mol. The number of aromatic nitrogens is 5. The van der Waals surface area contributed by atoms with E-state index in [1.54, 1.807) is 12.3 Å². The van der Waals surface area contributed by atoms with E-state index in [9.17, 15) is 4.79 Å². The molecule has 0 unspecified atom stereocenters. The number of ether oxygens (including phenoxy) is 1. The Bertz CT molecular complexity index is 1230. The molecule has 0 radical (unpaired) electrons.